The van der Waals surface area contributed by atoms with Gasteiger partial charge in [0.25, 0.3) is 0 Å². The van der Waals surface area contributed by atoms with Gasteiger partial charge in [0.05, 0.1) is 7.11 Å². The van der Waals surface area contributed by atoms with Crippen LogP contribution in [0.3, 0.4) is 0 Å². The summed E-state index contributed by atoms with van der Waals surface area (Å²) in [5.41, 5.74) is 0.570. The molecule has 0 aliphatic rings. The summed E-state index contributed by atoms with van der Waals surface area (Å²) in [6.45, 7) is 0.297. The van der Waals surface area contributed by atoms with Crippen molar-refractivity contribution in [3.05, 3.63) is 88.8 Å². The zero-order valence-electron chi connectivity index (χ0n) is 14.1. The van der Waals surface area contributed by atoms with E-state index in [0.29, 0.717) is 28.7 Å². The van der Waals surface area contributed by atoms with Crippen LogP contribution in [-0.4, -0.2) is 12.9 Å². The van der Waals surface area contributed by atoms with Gasteiger partial charge in [0.1, 0.15) is 29.6 Å². The number of hydrogen-bond acceptors (Lipinski definition) is 4. The van der Waals surface area contributed by atoms with Gasteiger partial charge in [-0.3, -0.25) is 4.79 Å². The third-order valence-electron chi connectivity index (χ3n) is 3.65. The van der Waals surface area contributed by atoms with E-state index >= 15 is 0 Å². The molecule has 0 saturated heterocycles. The van der Waals surface area contributed by atoms with E-state index in [1.54, 1.807) is 43.5 Å². The number of furan rings is 1. The van der Waals surface area contributed by atoms with Crippen molar-refractivity contribution < 1.29 is 18.7 Å². The molecule has 0 bridgehead atoms. The lowest BCUT2D eigenvalue weighted by molar-refractivity contribution is 0.104. The highest BCUT2D eigenvalue weighted by atomic mass is 35.5. The quantitative estimate of drug-likeness (QED) is 0.413. The predicted molar refractivity (Wildman–Crippen MR) is 101 cm³/mol. The summed E-state index contributed by atoms with van der Waals surface area (Å²) < 4.78 is 16.4. The van der Waals surface area contributed by atoms with E-state index in [0.717, 1.165) is 11.5 Å². The van der Waals surface area contributed by atoms with Gasteiger partial charge in [0, 0.05) is 10.6 Å². The van der Waals surface area contributed by atoms with Crippen molar-refractivity contribution in [1.29, 1.82) is 0 Å². The van der Waals surface area contributed by atoms with Crippen LogP contribution in [0.4, 0.5) is 0 Å². The van der Waals surface area contributed by atoms with Gasteiger partial charge in [-0.25, -0.2) is 0 Å². The zero-order valence-corrected chi connectivity index (χ0v) is 14.9. The fraction of sp³-hybridized carbons (Fsp3) is 0.0952. The van der Waals surface area contributed by atoms with E-state index in [1.807, 2.05) is 30.3 Å². The lowest BCUT2D eigenvalue weighted by atomic mass is 10.1. The topological polar surface area (TPSA) is 48.7 Å². The minimum atomic E-state index is -0.117. The number of carbonyl (C=O) groups excluding carboxylic acids is 1. The van der Waals surface area contributed by atoms with Crippen molar-refractivity contribution >= 4 is 23.5 Å². The van der Waals surface area contributed by atoms with Crippen LogP contribution < -0.4 is 9.47 Å². The van der Waals surface area contributed by atoms with Crippen molar-refractivity contribution in [1.82, 2.24) is 0 Å². The van der Waals surface area contributed by atoms with Gasteiger partial charge in [0.2, 0.25) is 0 Å². The Hall–Kier alpha value is -2.98. The molecule has 0 saturated carbocycles. The smallest absolute Gasteiger partial charge is 0.185 e. The molecule has 0 fully saturated rings. The molecular formula is C21H17ClO4. The number of halogens is 1. The van der Waals surface area contributed by atoms with Gasteiger partial charge >= 0.3 is 0 Å². The summed E-state index contributed by atoms with van der Waals surface area (Å²) in [4.78, 5) is 12.1. The Morgan fingerprint density at radius 2 is 1.69 bits per heavy atom. The lowest BCUT2D eigenvalue weighted by Crippen LogP contribution is -1.93. The fourth-order valence-corrected chi connectivity index (χ4v) is 2.38. The largest absolute Gasteiger partial charge is 0.497 e. The molecule has 0 unspecified atom stereocenters. The second kappa shape index (κ2) is 8.41. The highest BCUT2D eigenvalue weighted by molar-refractivity contribution is 6.30. The summed E-state index contributed by atoms with van der Waals surface area (Å²) >= 11 is 5.82. The number of carbonyl (C=O) groups is 1. The molecule has 4 nitrogen and oxygen atoms in total. The van der Waals surface area contributed by atoms with Gasteiger partial charge in [-0.1, -0.05) is 11.6 Å². The molecule has 1 heterocycles. The molecule has 1 aromatic heterocycles. The van der Waals surface area contributed by atoms with Crippen molar-refractivity contribution in [2.45, 2.75) is 6.61 Å². The van der Waals surface area contributed by atoms with Gasteiger partial charge in [0.15, 0.2) is 5.78 Å². The second-order valence-corrected chi connectivity index (χ2v) is 5.91. The number of hydrogen-bond donors (Lipinski definition) is 0. The van der Waals surface area contributed by atoms with Crippen LogP contribution in [0.2, 0.25) is 5.02 Å². The highest BCUT2D eigenvalue weighted by Crippen LogP contribution is 2.19. The van der Waals surface area contributed by atoms with Crippen LogP contribution in [0.5, 0.6) is 11.5 Å². The average Bonchev–Trinajstić information content (AvgIpc) is 3.13. The third kappa shape index (κ3) is 4.77. The Morgan fingerprint density at radius 1 is 1.00 bits per heavy atom. The van der Waals surface area contributed by atoms with E-state index in [-0.39, 0.29) is 5.78 Å². The molecule has 3 aromatic rings. The maximum atomic E-state index is 12.1. The van der Waals surface area contributed by atoms with Crippen molar-refractivity contribution in [2.24, 2.45) is 0 Å². The van der Waals surface area contributed by atoms with E-state index in [2.05, 4.69) is 0 Å². The molecule has 132 valence electrons. The maximum Gasteiger partial charge on any atom is 0.185 e. The van der Waals surface area contributed by atoms with Gasteiger partial charge < -0.3 is 13.9 Å². The lowest BCUT2D eigenvalue weighted by Gasteiger charge is -2.05. The highest BCUT2D eigenvalue weighted by Gasteiger charge is 2.04. The van der Waals surface area contributed by atoms with E-state index in [9.17, 15) is 4.79 Å². The molecule has 2 aromatic carbocycles. The molecule has 0 atom stereocenters. The monoisotopic (exact) mass is 368 g/mol. The number of ether oxygens (including phenoxy) is 2. The molecule has 3 rings (SSSR count). The third-order valence-corrected chi connectivity index (χ3v) is 3.90. The number of benzene rings is 2. The van der Waals surface area contributed by atoms with Gasteiger partial charge in [-0.2, -0.15) is 0 Å². The Labute approximate surface area is 156 Å². The SMILES string of the molecule is COc1ccc(OCc2ccc(/C=C/C(=O)c3ccc(Cl)cc3)o2)cc1. The Morgan fingerprint density at radius 3 is 2.38 bits per heavy atom. The van der Waals surface area contributed by atoms with Crippen LogP contribution >= 0.6 is 11.6 Å². The molecule has 0 aliphatic carbocycles. The summed E-state index contributed by atoms with van der Waals surface area (Å²) in [6, 6.07) is 17.7. The van der Waals surface area contributed by atoms with Crippen LogP contribution in [0.1, 0.15) is 21.9 Å². The summed E-state index contributed by atoms with van der Waals surface area (Å²) in [7, 11) is 1.62. The first-order valence-electron chi connectivity index (χ1n) is 7.97. The molecule has 0 spiro atoms. The minimum Gasteiger partial charge on any atom is -0.497 e. The molecule has 0 N–H and O–H groups in total. The first-order chi connectivity index (χ1) is 12.6. The Bertz CT molecular complexity index is 893. The molecular weight excluding hydrogens is 352 g/mol. The number of ketones is 1. The Balaban J connectivity index is 1.56. The molecule has 26 heavy (non-hydrogen) atoms. The number of methoxy groups -OCH3 is 1. The molecule has 0 amide bonds. The summed E-state index contributed by atoms with van der Waals surface area (Å²) in [5, 5.41) is 0.595. The maximum absolute atomic E-state index is 12.1. The van der Waals surface area contributed by atoms with E-state index in [1.165, 1.54) is 6.08 Å². The van der Waals surface area contributed by atoms with Gasteiger partial charge in [-0.05, 0) is 72.8 Å². The number of rotatable bonds is 7. The Kier molecular flexibility index (Phi) is 5.77. The van der Waals surface area contributed by atoms with Crippen molar-refractivity contribution in [3.8, 4) is 11.5 Å². The first-order valence-corrected chi connectivity index (χ1v) is 8.35. The van der Waals surface area contributed by atoms with Crippen LogP contribution in [0.15, 0.2) is 71.2 Å². The van der Waals surface area contributed by atoms with Crippen molar-refractivity contribution in [3.63, 3.8) is 0 Å². The van der Waals surface area contributed by atoms with E-state index in [4.69, 9.17) is 25.5 Å². The van der Waals surface area contributed by atoms with Crippen LogP contribution in [0, 0.1) is 0 Å². The molecule has 5 heteroatoms. The minimum absolute atomic E-state index is 0.117. The zero-order chi connectivity index (χ0) is 18.4. The normalized spacial score (nSPS) is 10.8. The predicted octanol–water partition coefficient (Wildman–Crippen LogP) is 5.42. The van der Waals surface area contributed by atoms with Crippen LogP contribution in [-0.2, 0) is 6.61 Å². The first kappa shape index (κ1) is 17.8. The van der Waals surface area contributed by atoms with E-state index < -0.39 is 0 Å². The summed E-state index contributed by atoms with van der Waals surface area (Å²) in [6.07, 6.45) is 3.10. The van der Waals surface area contributed by atoms with Crippen molar-refractivity contribution in [2.75, 3.05) is 7.11 Å². The standard InChI is InChI=1S/C21H17ClO4/c1-24-17-6-8-18(9-7-17)25-14-20-11-10-19(26-20)12-13-21(23)15-2-4-16(22)5-3-15/h2-13H,14H2,1H3/b13-12+. The summed E-state index contributed by atoms with van der Waals surface area (Å²) in [5.74, 6) is 2.62. The molecule has 0 radical (unpaired) electrons. The van der Waals surface area contributed by atoms with Gasteiger partial charge in [-0.15, -0.1) is 0 Å². The number of allylic oxidation sites excluding steroid dienone is 1. The average molecular weight is 369 g/mol. The molecule has 0 aliphatic heterocycles. The fourth-order valence-electron chi connectivity index (χ4n) is 2.26. The second-order valence-electron chi connectivity index (χ2n) is 5.47. The van der Waals surface area contributed by atoms with Crippen LogP contribution in [0.25, 0.3) is 6.08 Å².